The zero-order chi connectivity index (χ0) is 28.7. The van der Waals surface area contributed by atoms with Gasteiger partial charge in [0.05, 0.1) is 11.1 Å². The fourth-order valence-electron chi connectivity index (χ4n) is 4.99. The van der Waals surface area contributed by atoms with E-state index in [1.807, 2.05) is 36.5 Å². The third-order valence-electron chi connectivity index (χ3n) is 7.10. The maximum Gasteiger partial charge on any atom is 0.282 e. The SMILES string of the molecule is Cc1c(C(=O)Cc2ccc(Oc3ccnc4[nH]cc(-c5ccccc5)c34)c(F)c2)c(=O)n(-c2ccc(F)cc2)n1C. The monoisotopic (exact) mass is 550 g/mol. The van der Waals surface area contributed by atoms with Crippen LogP contribution in [0.2, 0.25) is 0 Å². The van der Waals surface area contributed by atoms with Gasteiger partial charge < -0.3 is 9.72 Å². The maximum absolute atomic E-state index is 15.3. The van der Waals surface area contributed by atoms with Gasteiger partial charge in [-0.3, -0.25) is 14.3 Å². The number of benzene rings is 3. The third kappa shape index (κ3) is 4.71. The summed E-state index contributed by atoms with van der Waals surface area (Å²) in [5.41, 5.74) is 3.18. The van der Waals surface area contributed by atoms with Crippen molar-refractivity contribution in [2.75, 3.05) is 0 Å². The van der Waals surface area contributed by atoms with Crippen molar-refractivity contribution >= 4 is 16.8 Å². The topological polar surface area (TPSA) is 81.9 Å². The summed E-state index contributed by atoms with van der Waals surface area (Å²) in [6.07, 6.45) is 3.23. The summed E-state index contributed by atoms with van der Waals surface area (Å²) < 4.78 is 37.5. The third-order valence-corrected chi connectivity index (χ3v) is 7.10. The second-order valence-electron chi connectivity index (χ2n) is 9.65. The number of hydrogen-bond donors (Lipinski definition) is 1. The van der Waals surface area contributed by atoms with Crippen LogP contribution in [0.5, 0.6) is 11.5 Å². The average Bonchev–Trinajstić information content (AvgIpc) is 3.50. The van der Waals surface area contributed by atoms with E-state index in [-0.39, 0.29) is 17.7 Å². The van der Waals surface area contributed by atoms with Gasteiger partial charge in [-0.05, 0) is 60.5 Å². The van der Waals surface area contributed by atoms with Gasteiger partial charge in [0.1, 0.15) is 22.8 Å². The van der Waals surface area contributed by atoms with E-state index in [9.17, 15) is 14.0 Å². The molecule has 0 aliphatic carbocycles. The first kappa shape index (κ1) is 25.9. The first-order chi connectivity index (χ1) is 19.8. The van der Waals surface area contributed by atoms with Gasteiger partial charge in [0.2, 0.25) is 0 Å². The number of aromatic amines is 1. The fourth-order valence-corrected chi connectivity index (χ4v) is 4.99. The second kappa shape index (κ2) is 10.3. The molecule has 0 saturated heterocycles. The van der Waals surface area contributed by atoms with Crippen molar-refractivity contribution < 1.29 is 18.3 Å². The Morgan fingerprint density at radius 2 is 1.73 bits per heavy atom. The molecule has 0 unspecified atom stereocenters. The number of pyridine rings is 1. The molecule has 0 bridgehead atoms. The lowest BCUT2D eigenvalue weighted by molar-refractivity contribution is 0.0991. The number of fused-ring (bicyclic) bond motifs is 1. The van der Waals surface area contributed by atoms with Gasteiger partial charge in [0.15, 0.2) is 17.3 Å². The summed E-state index contributed by atoms with van der Waals surface area (Å²) in [6.45, 7) is 1.66. The van der Waals surface area contributed by atoms with E-state index in [0.29, 0.717) is 33.7 Å². The Bertz CT molecular complexity index is 1970. The Labute approximate surface area is 233 Å². The number of carbonyl (C=O) groups is 1. The van der Waals surface area contributed by atoms with Gasteiger partial charge in [-0.1, -0.05) is 36.4 Å². The van der Waals surface area contributed by atoms with Gasteiger partial charge >= 0.3 is 0 Å². The molecule has 0 saturated carbocycles. The van der Waals surface area contributed by atoms with Crippen LogP contribution in [0.4, 0.5) is 8.78 Å². The number of ketones is 1. The average molecular weight is 551 g/mol. The summed E-state index contributed by atoms with van der Waals surface area (Å²) in [6, 6.07) is 21.1. The number of aromatic nitrogens is 4. The quantitative estimate of drug-likeness (QED) is 0.229. The molecule has 7 nitrogen and oxygen atoms in total. The van der Waals surface area contributed by atoms with Crippen LogP contribution in [-0.2, 0) is 13.5 Å². The van der Waals surface area contributed by atoms with Gasteiger partial charge in [-0.15, -0.1) is 0 Å². The highest BCUT2D eigenvalue weighted by molar-refractivity contribution is 5.99. The predicted molar refractivity (Wildman–Crippen MR) is 152 cm³/mol. The number of hydrogen-bond acceptors (Lipinski definition) is 4. The number of H-pyrrole nitrogens is 1. The molecule has 6 rings (SSSR count). The predicted octanol–water partition coefficient (Wildman–Crippen LogP) is 6.52. The fraction of sp³-hybridized carbons (Fsp3) is 0.0938. The minimum atomic E-state index is -0.648. The Morgan fingerprint density at radius 1 is 0.976 bits per heavy atom. The van der Waals surface area contributed by atoms with Crippen LogP contribution in [0.15, 0.2) is 96.1 Å². The number of carbonyl (C=O) groups excluding carboxylic acids is 1. The summed E-state index contributed by atoms with van der Waals surface area (Å²) in [7, 11) is 1.65. The van der Waals surface area contributed by atoms with Crippen LogP contribution in [0.1, 0.15) is 21.6 Å². The first-order valence-corrected chi connectivity index (χ1v) is 12.9. The minimum absolute atomic E-state index is 0.00219. The minimum Gasteiger partial charge on any atom is -0.453 e. The highest BCUT2D eigenvalue weighted by Gasteiger charge is 2.23. The molecule has 1 N–H and O–H groups in total. The smallest absolute Gasteiger partial charge is 0.282 e. The molecule has 9 heteroatoms. The van der Waals surface area contributed by atoms with Crippen molar-refractivity contribution in [2.45, 2.75) is 13.3 Å². The van der Waals surface area contributed by atoms with E-state index >= 15 is 4.39 Å². The molecule has 41 heavy (non-hydrogen) atoms. The Balaban J connectivity index is 1.27. The number of ether oxygens (including phenoxy) is 1. The highest BCUT2D eigenvalue weighted by Crippen LogP contribution is 2.37. The lowest BCUT2D eigenvalue weighted by atomic mass is 10.0. The molecule has 3 aromatic heterocycles. The number of halogens is 2. The molecule has 0 radical (unpaired) electrons. The molecule has 204 valence electrons. The van der Waals surface area contributed by atoms with E-state index in [4.69, 9.17) is 4.74 Å². The maximum atomic E-state index is 15.3. The first-order valence-electron chi connectivity index (χ1n) is 12.9. The van der Waals surface area contributed by atoms with Gasteiger partial charge in [-0.2, -0.15) is 0 Å². The molecule has 0 fully saturated rings. The summed E-state index contributed by atoms with van der Waals surface area (Å²) in [4.78, 5) is 33.9. The van der Waals surface area contributed by atoms with Crippen LogP contribution in [0, 0.1) is 18.6 Å². The van der Waals surface area contributed by atoms with Crippen molar-refractivity contribution in [2.24, 2.45) is 7.05 Å². The summed E-state index contributed by atoms with van der Waals surface area (Å²) >= 11 is 0. The zero-order valence-electron chi connectivity index (χ0n) is 22.2. The molecule has 3 aromatic carbocycles. The van der Waals surface area contributed by atoms with Crippen LogP contribution in [0.3, 0.4) is 0 Å². The van der Waals surface area contributed by atoms with Crippen LogP contribution in [0.25, 0.3) is 27.8 Å². The lowest BCUT2D eigenvalue weighted by Crippen LogP contribution is -2.23. The lowest BCUT2D eigenvalue weighted by Gasteiger charge is -2.10. The summed E-state index contributed by atoms with van der Waals surface area (Å²) in [5, 5.41) is 0.717. The van der Waals surface area contributed by atoms with Gasteiger partial charge in [0, 0.05) is 37.1 Å². The standard InChI is InChI=1S/C32H24F2N4O3/c1-19-29(32(40)38(37(19)2)23-11-9-22(33)10-12-23)26(39)17-20-8-13-27(25(34)16-20)41-28-14-15-35-31-30(28)24(18-36-31)21-6-4-3-5-7-21/h3-16,18H,17H2,1-2H3,(H,35,36). The van der Waals surface area contributed by atoms with Crippen molar-refractivity contribution in [3.8, 4) is 28.3 Å². The molecule has 3 heterocycles. The number of nitrogens with zero attached hydrogens (tertiary/aromatic N) is 3. The normalized spacial score (nSPS) is 11.2. The molecule has 0 atom stereocenters. The van der Waals surface area contributed by atoms with Gasteiger partial charge in [0.25, 0.3) is 5.56 Å². The van der Waals surface area contributed by atoms with Crippen molar-refractivity contribution in [1.29, 1.82) is 0 Å². The molecule has 0 spiro atoms. The Hall–Kier alpha value is -5.31. The number of nitrogens with one attached hydrogen (secondary N) is 1. The van der Waals surface area contributed by atoms with E-state index in [1.54, 1.807) is 37.0 Å². The van der Waals surface area contributed by atoms with Crippen LogP contribution >= 0.6 is 0 Å². The Morgan fingerprint density at radius 3 is 2.46 bits per heavy atom. The zero-order valence-corrected chi connectivity index (χ0v) is 22.2. The van der Waals surface area contributed by atoms with Gasteiger partial charge in [-0.25, -0.2) is 18.4 Å². The van der Waals surface area contributed by atoms with E-state index in [0.717, 1.165) is 11.1 Å². The molecular formula is C32H24F2N4O3. The van der Waals surface area contributed by atoms with Crippen LogP contribution < -0.4 is 10.3 Å². The molecule has 6 aromatic rings. The molecule has 0 amide bonds. The van der Waals surface area contributed by atoms with E-state index in [1.165, 1.54) is 41.1 Å². The van der Waals surface area contributed by atoms with Crippen molar-refractivity contribution in [1.82, 2.24) is 19.3 Å². The van der Waals surface area contributed by atoms with Crippen molar-refractivity contribution in [3.63, 3.8) is 0 Å². The molecular weight excluding hydrogens is 526 g/mol. The number of Topliss-reactive ketones (excluding diaryl/α,β-unsaturated/α-hetero) is 1. The largest absolute Gasteiger partial charge is 0.453 e. The molecule has 0 aliphatic heterocycles. The molecule has 0 aliphatic rings. The summed E-state index contributed by atoms with van der Waals surface area (Å²) in [5.74, 6) is -1.11. The second-order valence-corrected chi connectivity index (χ2v) is 9.65. The Kier molecular flexibility index (Phi) is 6.55. The highest BCUT2D eigenvalue weighted by atomic mass is 19.1. The van der Waals surface area contributed by atoms with Crippen molar-refractivity contribution in [3.05, 3.63) is 130 Å². The van der Waals surface area contributed by atoms with E-state index in [2.05, 4.69) is 9.97 Å². The number of rotatable bonds is 7. The van der Waals surface area contributed by atoms with E-state index < -0.39 is 23.0 Å². The van der Waals surface area contributed by atoms with Crippen LogP contribution in [-0.4, -0.2) is 25.1 Å².